The lowest BCUT2D eigenvalue weighted by Gasteiger charge is -2.28. The second-order valence-corrected chi connectivity index (χ2v) is 13.6. The molecule has 0 aliphatic rings. The molecule has 0 radical (unpaired) electrons. The third kappa shape index (κ3) is 6.78. The average molecular weight is 517 g/mol. The molecule has 3 aromatic rings. The molecule has 0 aliphatic heterocycles. The molecule has 38 heavy (non-hydrogen) atoms. The molecule has 0 unspecified atom stereocenters. The van der Waals surface area contributed by atoms with E-state index in [1.165, 1.54) is 0 Å². The van der Waals surface area contributed by atoms with Crippen LogP contribution in [-0.4, -0.2) is 21.3 Å². The summed E-state index contributed by atoms with van der Waals surface area (Å²) in [5.41, 5.74) is 6.69. The van der Waals surface area contributed by atoms with Crippen LogP contribution in [0.4, 0.5) is 0 Å². The first kappa shape index (κ1) is 29.3. The molecular weight excluding hydrogens is 472 g/mol. The standard InChI is InChI=1S/C34H44O4/c1-32(2,3)26-18-25(31(38)28(20-26)34(7,8)9)17-24-16-23(19-27(30(24)37)33(4,5)6)22-12-10-11-21(15-22)13-14-29(35)36/h10-12,15-16,18-20,37-38H,13-14,17H2,1-9H3,(H,35,36). The Bertz CT molecular complexity index is 1330. The van der Waals surface area contributed by atoms with Crippen LogP contribution in [0.15, 0.2) is 48.5 Å². The number of aryl methyl sites for hydroxylation is 1. The van der Waals surface area contributed by atoms with Crippen molar-refractivity contribution in [2.24, 2.45) is 0 Å². The Labute approximate surface area is 228 Å². The molecule has 0 spiro atoms. The molecule has 0 saturated carbocycles. The van der Waals surface area contributed by atoms with Gasteiger partial charge in [0.15, 0.2) is 0 Å². The summed E-state index contributed by atoms with van der Waals surface area (Å²) in [5, 5.41) is 32.0. The summed E-state index contributed by atoms with van der Waals surface area (Å²) in [7, 11) is 0. The molecule has 0 fully saturated rings. The van der Waals surface area contributed by atoms with Gasteiger partial charge in [-0.2, -0.15) is 0 Å². The van der Waals surface area contributed by atoms with E-state index in [1.807, 2.05) is 36.4 Å². The lowest BCUT2D eigenvalue weighted by atomic mass is 9.77. The Morgan fingerprint density at radius 1 is 0.684 bits per heavy atom. The second-order valence-electron chi connectivity index (χ2n) is 13.6. The van der Waals surface area contributed by atoms with Crippen molar-refractivity contribution in [1.82, 2.24) is 0 Å². The Balaban J connectivity index is 2.20. The van der Waals surface area contributed by atoms with Gasteiger partial charge in [-0.05, 0) is 73.7 Å². The number of rotatable bonds is 6. The number of carbonyl (C=O) groups is 1. The van der Waals surface area contributed by atoms with Crippen LogP contribution in [0.3, 0.4) is 0 Å². The predicted octanol–water partition coefficient (Wildman–Crippen LogP) is 8.27. The molecule has 0 aliphatic carbocycles. The molecule has 204 valence electrons. The summed E-state index contributed by atoms with van der Waals surface area (Å²) in [6, 6.07) is 16.1. The van der Waals surface area contributed by atoms with E-state index in [4.69, 9.17) is 5.11 Å². The summed E-state index contributed by atoms with van der Waals surface area (Å²) in [4.78, 5) is 11.1. The van der Waals surface area contributed by atoms with E-state index in [0.29, 0.717) is 12.8 Å². The Morgan fingerprint density at radius 2 is 1.24 bits per heavy atom. The molecule has 3 aromatic carbocycles. The monoisotopic (exact) mass is 516 g/mol. The highest BCUT2D eigenvalue weighted by Crippen LogP contribution is 2.42. The van der Waals surface area contributed by atoms with E-state index in [1.54, 1.807) is 0 Å². The van der Waals surface area contributed by atoms with Gasteiger partial charge in [0, 0.05) is 18.4 Å². The van der Waals surface area contributed by atoms with Gasteiger partial charge in [-0.15, -0.1) is 0 Å². The number of carboxylic acids is 1. The number of hydrogen-bond acceptors (Lipinski definition) is 3. The molecule has 4 heteroatoms. The first-order chi connectivity index (χ1) is 17.4. The number of carboxylic acid groups (broad SMARTS) is 1. The van der Waals surface area contributed by atoms with Crippen LogP contribution in [0, 0.1) is 0 Å². The average Bonchev–Trinajstić information content (AvgIpc) is 2.78. The fraction of sp³-hybridized carbons (Fsp3) is 0.441. The van der Waals surface area contributed by atoms with Crippen LogP contribution in [0.5, 0.6) is 11.5 Å². The minimum absolute atomic E-state index is 0.0804. The van der Waals surface area contributed by atoms with Crippen molar-refractivity contribution < 1.29 is 20.1 Å². The zero-order chi connectivity index (χ0) is 28.6. The fourth-order valence-corrected chi connectivity index (χ4v) is 4.76. The van der Waals surface area contributed by atoms with Gasteiger partial charge in [0.05, 0.1) is 0 Å². The number of phenols is 2. The molecular formula is C34H44O4. The minimum atomic E-state index is -0.815. The highest BCUT2D eigenvalue weighted by Gasteiger charge is 2.27. The van der Waals surface area contributed by atoms with Gasteiger partial charge in [0.2, 0.25) is 0 Å². The number of hydrogen-bond donors (Lipinski definition) is 3. The zero-order valence-electron chi connectivity index (χ0n) is 24.5. The minimum Gasteiger partial charge on any atom is -0.507 e. The van der Waals surface area contributed by atoms with Gasteiger partial charge >= 0.3 is 5.97 Å². The van der Waals surface area contributed by atoms with Crippen molar-refractivity contribution in [2.75, 3.05) is 0 Å². The summed E-state index contributed by atoms with van der Waals surface area (Å²) >= 11 is 0. The number of aliphatic carboxylic acids is 1. The lowest BCUT2D eigenvalue weighted by molar-refractivity contribution is -0.136. The second kappa shape index (κ2) is 10.5. The van der Waals surface area contributed by atoms with Crippen molar-refractivity contribution in [3.8, 4) is 22.6 Å². The molecule has 0 heterocycles. The van der Waals surface area contributed by atoms with E-state index >= 15 is 0 Å². The molecule has 0 aromatic heterocycles. The maximum absolute atomic E-state index is 11.5. The summed E-state index contributed by atoms with van der Waals surface area (Å²) < 4.78 is 0. The maximum atomic E-state index is 11.5. The van der Waals surface area contributed by atoms with Crippen LogP contribution in [-0.2, 0) is 33.9 Å². The van der Waals surface area contributed by atoms with Crippen molar-refractivity contribution in [3.63, 3.8) is 0 Å². The highest BCUT2D eigenvalue weighted by atomic mass is 16.4. The Morgan fingerprint density at radius 3 is 1.76 bits per heavy atom. The summed E-state index contributed by atoms with van der Waals surface area (Å²) in [5.74, 6) is -0.284. The van der Waals surface area contributed by atoms with Crippen LogP contribution >= 0.6 is 0 Å². The van der Waals surface area contributed by atoms with Gasteiger partial charge in [0.1, 0.15) is 11.5 Å². The predicted molar refractivity (Wildman–Crippen MR) is 157 cm³/mol. The third-order valence-electron chi connectivity index (χ3n) is 7.13. The summed E-state index contributed by atoms with van der Waals surface area (Å²) in [6.45, 7) is 19.0. The number of phenolic OH excluding ortho intramolecular Hbond substituents is 2. The largest absolute Gasteiger partial charge is 0.507 e. The molecule has 0 bridgehead atoms. The van der Waals surface area contributed by atoms with Gasteiger partial charge in [-0.3, -0.25) is 4.79 Å². The molecule has 0 amide bonds. The van der Waals surface area contributed by atoms with Crippen LogP contribution < -0.4 is 0 Å². The molecule has 3 rings (SSSR count). The van der Waals surface area contributed by atoms with Gasteiger partial charge in [-0.1, -0.05) is 98.7 Å². The van der Waals surface area contributed by atoms with Crippen molar-refractivity contribution in [1.29, 1.82) is 0 Å². The van der Waals surface area contributed by atoms with Crippen molar-refractivity contribution in [2.45, 2.75) is 97.8 Å². The zero-order valence-corrected chi connectivity index (χ0v) is 24.5. The van der Waals surface area contributed by atoms with Crippen molar-refractivity contribution >= 4 is 5.97 Å². The normalized spacial score (nSPS) is 12.6. The van der Waals surface area contributed by atoms with E-state index in [9.17, 15) is 15.0 Å². The van der Waals surface area contributed by atoms with E-state index in [-0.39, 0.29) is 34.2 Å². The molecule has 0 saturated heterocycles. The van der Waals surface area contributed by atoms with Gasteiger partial charge < -0.3 is 15.3 Å². The third-order valence-corrected chi connectivity index (χ3v) is 7.13. The molecule has 4 nitrogen and oxygen atoms in total. The molecule has 3 N–H and O–H groups in total. The lowest BCUT2D eigenvalue weighted by Crippen LogP contribution is -2.17. The first-order valence-corrected chi connectivity index (χ1v) is 13.4. The number of benzene rings is 3. The smallest absolute Gasteiger partial charge is 0.303 e. The Hall–Kier alpha value is -3.27. The first-order valence-electron chi connectivity index (χ1n) is 13.4. The highest BCUT2D eigenvalue weighted by molar-refractivity contribution is 5.70. The van der Waals surface area contributed by atoms with Crippen molar-refractivity contribution in [3.05, 3.63) is 81.9 Å². The fourth-order valence-electron chi connectivity index (χ4n) is 4.76. The van der Waals surface area contributed by atoms with Crippen LogP contribution in [0.1, 0.15) is 102 Å². The van der Waals surface area contributed by atoms with E-state index < -0.39 is 5.97 Å². The van der Waals surface area contributed by atoms with E-state index in [2.05, 4.69) is 74.4 Å². The topological polar surface area (TPSA) is 77.8 Å². The number of aromatic hydroxyl groups is 2. The van der Waals surface area contributed by atoms with E-state index in [0.717, 1.165) is 44.5 Å². The molecule has 0 atom stereocenters. The van der Waals surface area contributed by atoms with Gasteiger partial charge in [-0.25, -0.2) is 0 Å². The summed E-state index contributed by atoms with van der Waals surface area (Å²) in [6.07, 6.45) is 0.931. The SMILES string of the molecule is CC(C)(C)c1cc(Cc2cc(-c3cccc(CCC(=O)O)c3)cc(C(C)(C)C)c2O)c(O)c(C(C)(C)C)c1. The quantitative estimate of drug-likeness (QED) is 0.308. The Kier molecular flexibility index (Phi) is 8.07. The van der Waals surface area contributed by atoms with Crippen LogP contribution in [0.25, 0.3) is 11.1 Å². The maximum Gasteiger partial charge on any atom is 0.303 e. The van der Waals surface area contributed by atoms with Gasteiger partial charge in [0.25, 0.3) is 0 Å². The van der Waals surface area contributed by atoms with Crippen LogP contribution in [0.2, 0.25) is 0 Å².